The molecule has 1 aromatic carbocycles. The number of β-amino-alcohol motifs (C(OH)–C–C–N with tert-alkyl or cyclic N) is 1. The lowest BCUT2D eigenvalue weighted by Gasteiger charge is -2.19. The molecular weight excluding hydrogens is 204 g/mol. The molecule has 1 heterocycles. The second-order valence-electron chi connectivity index (χ2n) is 3.88. The predicted octanol–water partition coefficient (Wildman–Crippen LogP) is 1.14. The van der Waals surface area contributed by atoms with Crippen LogP contribution in [0.1, 0.15) is 12.0 Å². The molecular formula is C12H14N2O2. The van der Waals surface area contributed by atoms with Crippen molar-refractivity contribution in [2.24, 2.45) is 0 Å². The SMILES string of the molecule is COc1ccc(C#N)c(N2CC[C@@H](O)C2)c1. The highest BCUT2D eigenvalue weighted by Crippen LogP contribution is 2.28. The van der Waals surface area contributed by atoms with E-state index in [9.17, 15) is 5.11 Å². The van der Waals surface area contributed by atoms with Crippen molar-refractivity contribution >= 4 is 5.69 Å². The zero-order valence-electron chi connectivity index (χ0n) is 9.18. The van der Waals surface area contributed by atoms with Crippen LogP contribution in [-0.4, -0.2) is 31.4 Å². The van der Waals surface area contributed by atoms with Gasteiger partial charge >= 0.3 is 0 Å². The summed E-state index contributed by atoms with van der Waals surface area (Å²) < 4.78 is 5.14. The molecule has 4 nitrogen and oxygen atoms in total. The number of ether oxygens (including phenoxy) is 1. The molecule has 1 fully saturated rings. The highest BCUT2D eigenvalue weighted by Gasteiger charge is 2.22. The molecule has 1 aromatic rings. The fraction of sp³-hybridized carbons (Fsp3) is 0.417. The normalized spacial score (nSPS) is 19.6. The number of hydrogen-bond acceptors (Lipinski definition) is 4. The van der Waals surface area contributed by atoms with Gasteiger partial charge in [-0.2, -0.15) is 5.26 Å². The first-order chi connectivity index (χ1) is 7.74. The Bertz CT molecular complexity index is 426. The molecule has 1 aliphatic heterocycles. The first-order valence-corrected chi connectivity index (χ1v) is 5.25. The standard InChI is InChI=1S/C12H14N2O2/c1-16-11-3-2-9(7-13)12(6-11)14-5-4-10(15)8-14/h2-3,6,10,15H,4-5,8H2,1H3/t10-/m1/s1. The first kappa shape index (κ1) is 10.8. The summed E-state index contributed by atoms with van der Waals surface area (Å²) in [6.07, 6.45) is 0.458. The largest absolute Gasteiger partial charge is 0.497 e. The Morgan fingerprint density at radius 3 is 2.94 bits per heavy atom. The van der Waals surface area contributed by atoms with E-state index in [1.807, 2.05) is 11.0 Å². The summed E-state index contributed by atoms with van der Waals surface area (Å²) in [4.78, 5) is 2.02. The van der Waals surface area contributed by atoms with Gasteiger partial charge in [-0.15, -0.1) is 0 Å². The maximum absolute atomic E-state index is 9.50. The first-order valence-electron chi connectivity index (χ1n) is 5.25. The number of benzene rings is 1. The van der Waals surface area contributed by atoms with Crippen LogP contribution in [0.25, 0.3) is 0 Å². The van der Waals surface area contributed by atoms with Crippen LogP contribution in [0, 0.1) is 11.3 Å². The summed E-state index contributed by atoms with van der Waals surface area (Å²) in [5.41, 5.74) is 1.47. The van der Waals surface area contributed by atoms with Gasteiger partial charge in [0.1, 0.15) is 11.8 Å². The molecule has 1 aliphatic rings. The molecule has 0 bridgehead atoms. The second kappa shape index (κ2) is 4.42. The Morgan fingerprint density at radius 2 is 2.38 bits per heavy atom. The molecule has 84 valence electrons. The predicted molar refractivity (Wildman–Crippen MR) is 60.5 cm³/mol. The quantitative estimate of drug-likeness (QED) is 0.808. The molecule has 0 amide bonds. The average Bonchev–Trinajstić information content (AvgIpc) is 2.75. The van der Waals surface area contributed by atoms with Crippen LogP contribution in [0.3, 0.4) is 0 Å². The van der Waals surface area contributed by atoms with Crippen molar-refractivity contribution in [2.45, 2.75) is 12.5 Å². The van der Waals surface area contributed by atoms with E-state index in [4.69, 9.17) is 10.00 Å². The monoisotopic (exact) mass is 218 g/mol. The summed E-state index contributed by atoms with van der Waals surface area (Å²) in [5, 5.41) is 18.5. The van der Waals surface area contributed by atoms with E-state index in [2.05, 4.69) is 6.07 Å². The van der Waals surface area contributed by atoms with Crippen LogP contribution < -0.4 is 9.64 Å². The number of anilines is 1. The van der Waals surface area contributed by atoms with Crippen LogP contribution in [0.5, 0.6) is 5.75 Å². The minimum Gasteiger partial charge on any atom is -0.497 e. The average molecular weight is 218 g/mol. The van der Waals surface area contributed by atoms with Gasteiger partial charge in [-0.3, -0.25) is 0 Å². The zero-order chi connectivity index (χ0) is 11.5. The molecule has 1 atom stereocenters. The van der Waals surface area contributed by atoms with Crippen LogP contribution in [0.4, 0.5) is 5.69 Å². The van der Waals surface area contributed by atoms with E-state index in [1.165, 1.54) is 0 Å². The topological polar surface area (TPSA) is 56.5 Å². The van der Waals surface area contributed by atoms with Crippen molar-refractivity contribution in [1.82, 2.24) is 0 Å². The third-order valence-electron chi connectivity index (χ3n) is 2.83. The molecule has 0 saturated carbocycles. The number of aliphatic hydroxyl groups is 1. The molecule has 0 spiro atoms. The molecule has 4 heteroatoms. The minimum absolute atomic E-state index is 0.294. The van der Waals surface area contributed by atoms with Crippen LogP contribution >= 0.6 is 0 Å². The number of aliphatic hydroxyl groups excluding tert-OH is 1. The number of nitrogens with zero attached hydrogens (tertiary/aromatic N) is 2. The lowest BCUT2D eigenvalue weighted by molar-refractivity contribution is 0.198. The summed E-state index contributed by atoms with van der Waals surface area (Å²) in [6, 6.07) is 7.52. The lowest BCUT2D eigenvalue weighted by Crippen LogP contribution is -2.22. The van der Waals surface area contributed by atoms with E-state index in [0.29, 0.717) is 12.1 Å². The Morgan fingerprint density at radius 1 is 1.56 bits per heavy atom. The van der Waals surface area contributed by atoms with Gasteiger partial charge in [0.15, 0.2) is 0 Å². The summed E-state index contributed by atoms with van der Waals surface area (Å²) >= 11 is 0. The zero-order valence-corrected chi connectivity index (χ0v) is 9.18. The minimum atomic E-state index is -0.294. The van der Waals surface area contributed by atoms with Gasteiger partial charge in [0.05, 0.1) is 24.5 Å². The molecule has 0 aromatic heterocycles. The molecule has 2 rings (SSSR count). The molecule has 16 heavy (non-hydrogen) atoms. The van der Waals surface area contributed by atoms with Crippen molar-refractivity contribution in [3.63, 3.8) is 0 Å². The highest BCUT2D eigenvalue weighted by molar-refractivity contribution is 5.62. The Balaban J connectivity index is 2.34. The van der Waals surface area contributed by atoms with Gasteiger partial charge < -0.3 is 14.7 Å². The molecule has 1 saturated heterocycles. The highest BCUT2D eigenvalue weighted by atomic mass is 16.5. The van der Waals surface area contributed by atoms with E-state index in [0.717, 1.165) is 24.4 Å². The van der Waals surface area contributed by atoms with Gasteiger partial charge in [0.2, 0.25) is 0 Å². The van der Waals surface area contributed by atoms with Crippen LogP contribution in [-0.2, 0) is 0 Å². The van der Waals surface area contributed by atoms with Gasteiger partial charge in [-0.25, -0.2) is 0 Å². The van der Waals surface area contributed by atoms with E-state index < -0.39 is 0 Å². The number of hydrogen-bond donors (Lipinski definition) is 1. The maximum atomic E-state index is 9.50. The van der Waals surface area contributed by atoms with Crippen molar-refractivity contribution in [1.29, 1.82) is 5.26 Å². The van der Waals surface area contributed by atoms with Crippen molar-refractivity contribution in [2.75, 3.05) is 25.1 Å². The van der Waals surface area contributed by atoms with Gasteiger partial charge in [-0.1, -0.05) is 0 Å². The van der Waals surface area contributed by atoms with E-state index in [-0.39, 0.29) is 6.10 Å². The van der Waals surface area contributed by atoms with Crippen molar-refractivity contribution in [3.8, 4) is 11.8 Å². The third-order valence-corrected chi connectivity index (χ3v) is 2.83. The van der Waals surface area contributed by atoms with Crippen molar-refractivity contribution < 1.29 is 9.84 Å². The maximum Gasteiger partial charge on any atom is 0.121 e. The smallest absolute Gasteiger partial charge is 0.121 e. The Hall–Kier alpha value is -1.73. The molecule has 1 N–H and O–H groups in total. The number of nitriles is 1. The van der Waals surface area contributed by atoms with Crippen molar-refractivity contribution in [3.05, 3.63) is 23.8 Å². The fourth-order valence-corrected chi connectivity index (χ4v) is 1.96. The fourth-order valence-electron chi connectivity index (χ4n) is 1.96. The van der Waals surface area contributed by atoms with Crippen LogP contribution in [0.15, 0.2) is 18.2 Å². The Labute approximate surface area is 94.7 Å². The van der Waals surface area contributed by atoms with Crippen LogP contribution in [0.2, 0.25) is 0 Å². The van der Waals surface area contributed by atoms with Gasteiger partial charge in [-0.05, 0) is 18.6 Å². The van der Waals surface area contributed by atoms with Gasteiger partial charge in [0.25, 0.3) is 0 Å². The molecule has 0 aliphatic carbocycles. The second-order valence-corrected chi connectivity index (χ2v) is 3.88. The van der Waals surface area contributed by atoms with E-state index in [1.54, 1.807) is 19.2 Å². The summed E-state index contributed by atoms with van der Waals surface area (Å²) in [7, 11) is 1.60. The third kappa shape index (κ3) is 1.95. The summed E-state index contributed by atoms with van der Waals surface area (Å²) in [6.45, 7) is 1.37. The lowest BCUT2D eigenvalue weighted by atomic mass is 10.1. The number of rotatable bonds is 2. The summed E-state index contributed by atoms with van der Waals surface area (Å²) in [5.74, 6) is 0.732. The van der Waals surface area contributed by atoms with E-state index >= 15 is 0 Å². The molecule has 0 unspecified atom stereocenters. The van der Waals surface area contributed by atoms with Gasteiger partial charge in [0, 0.05) is 19.2 Å². The Kier molecular flexibility index (Phi) is 2.97. The number of methoxy groups -OCH3 is 1. The molecule has 0 radical (unpaired) electrons.